The van der Waals surface area contributed by atoms with E-state index in [9.17, 15) is 4.79 Å². The normalized spacial score (nSPS) is 14.7. The average Bonchev–Trinajstić information content (AvgIpc) is 2.92. The predicted molar refractivity (Wildman–Crippen MR) is 82.6 cm³/mol. The fraction of sp³-hybridized carbons (Fsp3) is 0.438. The largest absolute Gasteiger partial charge is 0.326 e. The van der Waals surface area contributed by atoms with E-state index in [2.05, 4.69) is 17.2 Å². The number of anilines is 1. The van der Waals surface area contributed by atoms with Crippen LogP contribution < -0.4 is 11.1 Å². The standard InChI is InChI=1S/C16H19ClN2O/c17-15-8-7-14(11-13(15)6-3-9-18)19-16(20)10-12-4-1-2-5-12/h7-8,11-12H,1-2,4-5,9-10,18H2,(H,19,20). The van der Waals surface area contributed by atoms with E-state index in [-0.39, 0.29) is 12.5 Å². The molecule has 0 radical (unpaired) electrons. The third-order valence-corrected chi connectivity index (χ3v) is 3.85. The lowest BCUT2D eigenvalue weighted by Crippen LogP contribution is -2.15. The molecule has 106 valence electrons. The first-order valence-corrected chi connectivity index (χ1v) is 7.35. The van der Waals surface area contributed by atoms with Crippen molar-refractivity contribution in [2.45, 2.75) is 32.1 Å². The maximum absolute atomic E-state index is 12.0. The number of hydrogen-bond acceptors (Lipinski definition) is 2. The topological polar surface area (TPSA) is 55.1 Å². The molecule has 1 amide bonds. The minimum atomic E-state index is 0.0666. The Morgan fingerprint density at radius 1 is 1.40 bits per heavy atom. The van der Waals surface area contributed by atoms with Crippen LogP contribution in [-0.2, 0) is 4.79 Å². The van der Waals surface area contributed by atoms with Crippen molar-refractivity contribution in [1.82, 2.24) is 0 Å². The molecule has 0 aromatic heterocycles. The number of amides is 1. The summed E-state index contributed by atoms with van der Waals surface area (Å²) in [6.45, 7) is 0.286. The monoisotopic (exact) mass is 290 g/mol. The molecule has 20 heavy (non-hydrogen) atoms. The van der Waals surface area contributed by atoms with Gasteiger partial charge in [0, 0.05) is 17.7 Å². The lowest BCUT2D eigenvalue weighted by molar-refractivity contribution is -0.117. The second kappa shape index (κ2) is 7.33. The van der Waals surface area contributed by atoms with Crippen LogP contribution in [0.2, 0.25) is 5.02 Å². The summed E-state index contributed by atoms with van der Waals surface area (Å²) in [6.07, 6.45) is 5.43. The Labute approximate surface area is 124 Å². The molecule has 0 aliphatic heterocycles. The van der Waals surface area contributed by atoms with Gasteiger partial charge in [-0.3, -0.25) is 4.79 Å². The molecule has 0 bridgehead atoms. The summed E-state index contributed by atoms with van der Waals surface area (Å²) >= 11 is 6.05. The Balaban J connectivity index is 1.99. The number of halogens is 1. The van der Waals surface area contributed by atoms with Crippen LogP contribution >= 0.6 is 11.6 Å². The van der Waals surface area contributed by atoms with E-state index < -0.39 is 0 Å². The van der Waals surface area contributed by atoms with Crippen molar-refractivity contribution in [3.05, 3.63) is 28.8 Å². The van der Waals surface area contributed by atoms with Crippen LogP contribution in [0.15, 0.2) is 18.2 Å². The number of carbonyl (C=O) groups excluding carboxylic acids is 1. The van der Waals surface area contributed by atoms with Crippen molar-refractivity contribution >= 4 is 23.2 Å². The zero-order chi connectivity index (χ0) is 14.4. The summed E-state index contributed by atoms with van der Waals surface area (Å²) < 4.78 is 0. The number of carbonyl (C=O) groups is 1. The molecule has 1 aromatic rings. The third kappa shape index (κ3) is 4.26. The highest BCUT2D eigenvalue weighted by atomic mass is 35.5. The van der Waals surface area contributed by atoms with Gasteiger partial charge in [0.2, 0.25) is 5.91 Å². The second-order valence-electron chi connectivity index (χ2n) is 5.10. The number of nitrogens with two attached hydrogens (primary N) is 1. The molecular formula is C16H19ClN2O. The first-order chi connectivity index (χ1) is 9.69. The fourth-order valence-corrected chi connectivity index (χ4v) is 2.70. The number of nitrogens with one attached hydrogen (secondary N) is 1. The lowest BCUT2D eigenvalue weighted by Gasteiger charge is -2.10. The third-order valence-electron chi connectivity index (χ3n) is 3.52. The van der Waals surface area contributed by atoms with Gasteiger partial charge in [0.15, 0.2) is 0 Å². The van der Waals surface area contributed by atoms with Crippen LogP contribution in [-0.4, -0.2) is 12.5 Å². The van der Waals surface area contributed by atoms with Gasteiger partial charge in [-0.2, -0.15) is 0 Å². The Kier molecular flexibility index (Phi) is 5.46. The van der Waals surface area contributed by atoms with E-state index in [1.54, 1.807) is 18.2 Å². The second-order valence-corrected chi connectivity index (χ2v) is 5.51. The van der Waals surface area contributed by atoms with E-state index in [0.717, 1.165) is 5.69 Å². The van der Waals surface area contributed by atoms with Gasteiger partial charge in [0.05, 0.1) is 11.6 Å². The van der Waals surface area contributed by atoms with E-state index in [0.29, 0.717) is 22.9 Å². The minimum absolute atomic E-state index is 0.0666. The Bertz CT molecular complexity index is 539. The minimum Gasteiger partial charge on any atom is -0.326 e. The molecule has 4 heteroatoms. The van der Waals surface area contributed by atoms with E-state index in [1.807, 2.05) is 0 Å². The molecule has 1 fully saturated rings. The van der Waals surface area contributed by atoms with Crippen LogP contribution in [0.3, 0.4) is 0 Å². The van der Waals surface area contributed by atoms with Gasteiger partial charge in [-0.1, -0.05) is 36.3 Å². The molecular weight excluding hydrogens is 272 g/mol. The average molecular weight is 291 g/mol. The molecule has 1 aromatic carbocycles. The highest BCUT2D eigenvalue weighted by Crippen LogP contribution is 2.28. The molecule has 0 spiro atoms. The highest BCUT2D eigenvalue weighted by Gasteiger charge is 2.18. The number of benzene rings is 1. The summed E-state index contributed by atoms with van der Waals surface area (Å²) in [5.74, 6) is 6.27. The van der Waals surface area contributed by atoms with Gasteiger partial charge < -0.3 is 11.1 Å². The maximum Gasteiger partial charge on any atom is 0.224 e. The molecule has 0 atom stereocenters. The molecule has 3 nitrogen and oxygen atoms in total. The van der Waals surface area contributed by atoms with E-state index in [1.165, 1.54) is 25.7 Å². The summed E-state index contributed by atoms with van der Waals surface area (Å²) in [4.78, 5) is 12.0. The summed E-state index contributed by atoms with van der Waals surface area (Å²) in [7, 11) is 0. The lowest BCUT2D eigenvalue weighted by atomic mass is 10.0. The van der Waals surface area contributed by atoms with Crippen molar-refractivity contribution in [1.29, 1.82) is 0 Å². The van der Waals surface area contributed by atoms with Crippen molar-refractivity contribution in [2.75, 3.05) is 11.9 Å². The van der Waals surface area contributed by atoms with Crippen LogP contribution in [0.1, 0.15) is 37.7 Å². The van der Waals surface area contributed by atoms with Gasteiger partial charge in [-0.15, -0.1) is 0 Å². The van der Waals surface area contributed by atoms with Crippen molar-refractivity contribution < 1.29 is 4.79 Å². The molecule has 0 unspecified atom stereocenters. The molecule has 1 aliphatic rings. The zero-order valence-corrected chi connectivity index (χ0v) is 12.2. The number of rotatable bonds is 3. The smallest absolute Gasteiger partial charge is 0.224 e. The molecule has 2 rings (SSSR count). The first-order valence-electron chi connectivity index (χ1n) is 6.97. The number of hydrogen-bond donors (Lipinski definition) is 2. The first kappa shape index (κ1) is 14.9. The van der Waals surface area contributed by atoms with Crippen molar-refractivity contribution in [3.63, 3.8) is 0 Å². The van der Waals surface area contributed by atoms with E-state index >= 15 is 0 Å². The zero-order valence-electron chi connectivity index (χ0n) is 11.4. The highest BCUT2D eigenvalue weighted by molar-refractivity contribution is 6.31. The van der Waals surface area contributed by atoms with E-state index in [4.69, 9.17) is 17.3 Å². The van der Waals surface area contributed by atoms with Crippen LogP contribution in [0, 0.1) is 17.8 Å². The van der Waals surface area contributed by atoms with Crippen molar-refractivity contribution in [3.8, 4) is 11.8 Å². The Hall–Kier alpha value is -1.50. The van der Waals surface area contributed by atoms with Crippen molar-refractivity contribution in [2.24, 2.45) is 11.7 Å². The van der Waals surface area contributed by atoms with Gasteiger partial charge in [0.1, 0.15) is 0 Å². The van der Waals surface area contributed by atoms with Gasteiger partial charge in [0.25, 0.3) is 0 Å². The van der Waals surface area contributed by atoms with Crippen LogP contribution in [0.5, 0.6) is 0 Å². The predicted octanol–water partition coefficient (Wildman–Crippen LogP) is 3.17. The summed E-state index contributed by atoms with van der Waals surface area (Å²) in [5, 5.41) is 3.49. The van der Waals surface area contributed by atoms with Gasteiger partial charge in [-0.25, -0.2) is 0 Å². The Morgan fingerprint density at radius 3 is 2.85 bits per heavy atom. The van der Waals surface area contributed by atoms with Crippen LogP contribution in [0.4, 0.5) is 5.69 Å². The molecule has 1 aliphatic carbocycles. The molecule has 3 N–H and O–H groups in total. The maximum atomic E-state index is 12.0. The molecule has 1 saturated carbocycles. The van der Waals surface area contributed by atoms with Crippen LogP contribution in [0.25, 0.3) is 0 Å². The summed E-state index contributed by atoms with van der Waals surface area (Å²) in [6, 6.07) is 5.33. The SMILES string of the molecule is NCC#Cc1cc(NC(=O)CC2CCCC2)ccc1Cl. The molecule has 0 saturated heterocycles. The Morgan fingerprint density at radius 2 is 2.15 bits per heavy atom. The fourth-order valence-electron chi connectivity index (χ4n) is 2.53. The molecule has 0 heterocycles. The van der Waals surface area contributed by atoms with Gasteiger partial charge in [-0.05, 0) is 37.0 Å². The quantitative estimate of drug-likeness (QED) is 0.840. The van der Waals surface area contributed by atoms with Gasteiger partial charge >= 0.3 is 0 Å². The summed E-state index contributed by atoms with van der Waals surface area (Å²) in [5.41, 5.74) is 6.78.